The molecule has 0 saturated carbocycles. The molecule has 4 rings (SSSR count). The Balaban J connectivity index is 1.85. The molecular weight excluding hydrogens is 434 g/mol. The number of benzene rings is 3. The molecule has 1 amide bonds. The van der Waals surface area contributed by atoms with Gasteiger partial charge in [0.2, 0.25) is 0 Å². The van der Waals surface area contributed by atoms with Gasteiger partial charge in [-0.2, -0.15) is 0 Å². The summed E-state index contributed by atoms with van der Waals surface area (Å²) in [7, 11) is 0. The topological polar surface area (TPSA) is 20.3 Å². The summed E-state index contributed by atoms with van der Waals surface area (Å²) in [5.41, 5.74) is 5.33. The van der Waals surface area contributed by atoms with Crippen LogP contribution in [0.1, 0.15) is 16.7 Å². The number of hydrogen-bond donors (Lipinski definition) is 0. The third-order valence-electron chi connectivity index (χ3n) is 4.59. The first-order valence-electron chi connectivity index (χ1n) is 8.88. The van der Waals surface area contributed by atoms with E-state index < -0.39 is 0 Å². The van der Waals surface area contributed by atoms with Gasteiger partial charge in [-0.1, -0.05) is 60.1 Å². The summed E-state index contributed by atoms with van der Waals surface area (Å²) in [6.45, 7) is 2.02. The number of rotatable bonds is 3. The minimum atomic E-state index is -0.0571. The van der Waals surface area contributed by atoms with E-state index in [9.17, 15) is 4.79 Å². The van der Waals surface area contributed by atoms with E-state index in [1.807, 2.05) is 91.9 Å². The standard InChI is InChI=1S/C24H17BrClNO/c1-16-7-12-22(21(25)13-16)27-23(18-8-10-20(26)11-9-18)15-19(24(27)28)14-17-5-3-2-4-6-17/h2-15H,1H3/b19-14+. The second kappa shape index (κ2) is 7.78. The summed E-state index contributed by atoms with van der Waals surface area (Å²) in [5, 5.41) is 0.664. The van der Waals surface area contributed by atoms with Crippen LogP contribution in [0.4, 0.5) is 5.69 Å². The van der Waals surface area contributed by atoms with Crippen molar-refractivity contribution in [2.45, 2.75) is 6.92 Å². The first kappa shape index (κ1) is 18.7. The summed E-state index contributed by atoms with van der Waals surface area (Å²) in [6, 6.07) is 23.4. The second-order valence-electron chi connectivity index (χ2n) is 6.64. The second-order valence-corrected chi connectivity index (χ2v) is 7.93. The highest BCUT2D eigenvalue weighted by Crippen LogP contribution is 2.39. The maximum atomic E-state index is 13.4. The van der Waals surface area contributed by atoms with E-state index in [0.29, 0.717) is 10.6 Å². The molecule has 1 aliphatic rings. The van der Waals surface area contributed by atoms with Crippen molar-refractivity contribution in [2.24, 2.45) is 0 Å². The van der Waals surface area contributed by atoms with Crippen molar-refractivity contribution in [3.8, 4) is 0 Å². The van der Waals surface area contributed by atoms with Crippen molar-refractivity contribution in [2.75, 3.05) is 4.90 Å². The van der Waals surface area contributed by atoms with Crippen LogP contribution in [0.3, 0.4) is 0 Å². The molecule has 4 heteroatoms. The molecule has 2 nitrogen and oxygen atoms in total. The molecule has 1 aliphatic heterocycles. The molecule has 0 atom stereocenters. The predicted molar refractivity (Wildman–Crippen MR) is 120 cm³/mol. The van der Waals surface area contributed by atoms with E-state index in [1.165, 1.54) is 0 Å². The van der Waals surface area contributed by atoms with Crippen LogP contribution in [0.25, 0.3) is 11.8 Å². The fraction of sp³-hybridized carbons (Fsp3) is 0.0417. The molecule has 0 spiro atoms. The molecule has 1 heterocycles. The van der Waals surface area contributed by atoms with Gasteiger partial charge in [-0.15, -0.1) is 0 Å². The lowest BCUT2D eigenvalue weighted by molar-refractivity contribution is -0.113. The van der Waals surface area contributed by atoms with Crippen LogP contribution in [-0.4, -0.2) is 5.91 Å². The highest BCUT2D eigenvalue weighted by molar-refractivity contribution is 9.10. The van der Waals surface area contributed by atoms with Gasteiger partial charge in [0.05, 0.1) is 11.4 Å². The van der Waals surface area contributed by atoms with Gasteiger partial charge in [0.1, 0.15) is 0 Å². The summed E-state index contributed by atoms with van der Waals surface area (Å²) in [5.74, 6) is -0.0571. The number of nitrogens with zero attached hydrogens (tertiary/aromatic N) is 1. The molecule has 28 heavy (non-hydrogen) atoms. The fourth-order valence-electron chi connectivity index (χ4n) is 3.21. The van der Waals surface area contributed by atoms with Crippen molar-refractivity contribution in [1.82, 2.24) is 0 Å². The van der Waals surface area contributed by atoms with E-state index in [1.54, 1.807) is 4.90 Å². The Morgan fingerprint density at radius 2 is 1.68 bits per heavy atom. The Labute approximate surface area is 177 Å². The lowest BCUT2D eigenvalue weighted by atomic mass is 10.1. The van der Waals surface area contributed by atoms with Crippen LogP contribution in [0, 0.1) is 6.92 Å². The normalized spacial score (nSPS) is 15.2. The molecule has 0 fully saturated rings. The van der Waals surface area contributed by atoms with Gasteiger partial charge in [0.15, 0.2) is 0 Å². The third-order valence-corrected chi connectivity index (χ3v) is 5.48. The zero-order chi connectivity index (χ0) is 19.7. The SMILES string of the molecule is Cc1ccc(N2C(=O)/C(=C/c3ccccc3)C=C2c2ccc(Cl)cc2)c(Br)c1. The van der Waals surface area contributed by atoms with Crippen LogP contribution < -0.4 is 4.90 Å². The largest absolute Gasteiger partial charge is 0.275 e. The molecular formula is C24H17BrClNO. The number of amides is 1. The zero-order valence-electron chi connectivity index (χ0n) is 15.2. The number of carbonyl (C=O) groups is 1. The minimum Gasteiger partial charge on any atom is -0.275 e. The van der Waals surface area contributed by atoms with Crippen LogP contribution >= 0.6 is 27.5 Å². The van der Waals surface area contributed by atoms with Crippen molar-refractivity contribution in [1.29, 1.82) is 0 Å². The molecule has 0 unspecified atom stereocenters. The van der Waals surface area contributed by atoms with Crippen LogP contribution in [0.15, 0.2) is 88.9 Å². The van der Waals surface area contributed by atoms with Gasteiger partial charge < -0.3 is 0 Å². The molecule has 3 aromatic carbocycles. The molecule has 0 saturated heterocycles. The van der Waals surface area contributed by atoms with Crippen molar-refractivity contribution < 1.29 is 4.79 Å². The molecule has 3 aromatic rings. The highest BCUT2D eigenvalue weighted by atomic mass is 79.9. The number of anilines is 1. The smallest absolute Gasteiger partial charge is 0.262 e. The third kappa shape index (κ3) is 3.68. The molecule has 0 bridgehead atoms. The van der Waals surface area contributed by atoms with Gasteiger partial charge in [0, 0.05) is 15.1 Å². The number of carbonyl (C=O) groups excluding carboxylic acids is 1. The molecule has 0 N–H and O–H groups in total. The first-order chi connectivity index (χ1) is 13.5. The van der Waals surface area contributed by atoms with E-state index in [-0.39, 0.29) is 5.91 Å². The summed E-state index contributed by atoms with van der Waals surface area (Å²) in [4.78, 5) is 15.1. The Hall–Kier alpha value is -2.62. The average molecular weight is 451 g/mol. The fourth-order valence-corrected chi connectivity index (χ4v) is 4.01. The monoisotopic (exact) mass is 449 g/mol. The molecule has 0 radical (unpaired) electrons. The van der Waals surface area contributed by atoms with E-state index in [0.717, 1.165) is 32.5 Å². The lowest BCUT2D eigenvalue weighted by Crippen LogP contribution is -2.25. The maximum absolute atomic E-state index is 13.4. The highest BCUT2D eigenvalue weighted by Gasteiger charge is 2.31. The van der Waals surface area contributed by atoms with E-state index >= 15 is 0 Å². The lowest BCUT2D eigenvalue weighted by Gasteiger charge is -2.22. The van der Waals surface area contributed by atoms with Gasteiger partial charge in [0.25, 0.3) is 5.91 Å². The van der Waals surface area contributed by atoms with Crippen LogP contribution in [0.5, 0.6) is 0 Å². The number of halogens is 2. The predicted octanol–water partition coefficient (Wildman–Crippen LogP) is 6.88. The van der Waals surface area contributed by atoms with Gasteiger partial charge >= 0.3 is 0 Å². The van der Waals surface area contributed by atoms with Gasteiger partial charge in [-0.05, 0) is 76.0 Å². The first-order valence-corrected chi connectivity index (χ1v) is 10.0. The Kier molecular flexibility index (Phi) is 5.21. The van der Waals surface area contributed by atoms with E-state index in [4.69, 9.17) is 11.6 Å². The molecule has 0 aromatic heterocycles. The average Bonchev–Trinajstić information content (AvgIpc) is 3.00. The number of hydrogen-bond acceptors (Lipinski definition) is 1. The van der Waals surface area contributed by atoms with Crippen LogP contribution in [-0.2, 0) is 4.79 Å². The molecule has 138 valence electrons. The summed E-state index contributed by atoms with van der Waals surface area (Å²) >= 11 is 9.68. The van der Waals surface area contributed by atoms with Gasteiger partial charge in [-0.25, -0.2) is 0 Å². The minimum absolute atomic E-state index is 0.0571. The molecule has 0 aliphatic carbocycles. The zero-order valence-corrected chi connectivity index (χ0v) is 17.5. The van der Waals surface area contributed by atoms with Gasteiger partial charge in [-0.3, -0.25) is 9.69 Å². The Morgan fingerprint density at radius 3 is 2.36 bits per heavy atom. The number of aryl methyl sites for hydroxylation is 1. The summed E-state index contributed by atoms with van der Waals surface area (Å²) in [6.07, 6.45) is 3.85. The Bertz CT molecular complexity index is 1100. The quantitative estimate of drug-likeness (QED) is 0.398. The van der Waals surface area contributed by atoms with E-state index in [2.05, 4.69) is 15.9 Å². The van der Waals surface area contributed by atoms with Crippen molar-refractivity contribution in [3.05, 3.63) is 111 Å². The van der Waals surface area contributed by atoms with Crippen LogP contribution in [0.2, 0.25) is 5.02 Å². The van der Waals surface area contributed by atoms with Crippen molar-refractivity contribution >= 4 is 50.9 Å². The van der Waals surface area contributed by atoms with Crippen molar-refractivity contribution in [3.63, 3.8) is 0 Å². The Morgan fingerprint density at radius 1 is 0.964 bits per heavy atom. The maximum Gasteiger partial charge on any atom is 0.262 e. The summed E-state index contributed by atoms with van der Waals surface area (Å²) < 4.78 is 0.877.